The van der Waals surface area contributed by atoms with Crippen LogP contribution in [0.1, 0.15) is 168 Å². The fraction of sp³-hybridized carbons (Fsp3) is 0.727. The molecule has 2 unspecified atom stereocenters. The maximum atomic E-state index is 12.6. The second kappa shape index (κ2) is 40.4. The first-order valence-electron chi connectivity index (χ1n) is 21.2. The quantitative estimate of drug-likeness (QED) is 0.0272. The second-order valence-electron chi connectivity index (χ2n) is 13.8. The van der Waals surface area contributed by atoms with E-state index >= 15 is 0 Å². The van der Waals surface area contributed by atoms with Gasteiger partial charge in [-0.15, -0.1) is 0 Å². The molecule has 312 valence electrons. The van der Waals surface area contributed by atoms with Crippen LogP contribution in [0.2, 0.25) is 0 Å². The van der Waals surface area contributed by atoms with E-state index in [9.17, 15) is 19.0 Å². The number of hydrogen-bond donors (Lipinski definition) is 2. The molecule has 0 amide bonds. The first kappa shape index (κ1) is 51.7. The van der Waals surface area contributed by atoms with Gasteiger partial charge in [-0.2, -0.15) is 0 Å². The van der Waals surface area contributed by atoms with Gasteiger partial charge in [-0.3, -0.25) is 18.6 Å². The maximum absolute atomic E-state index is 12.6. The Morgan fingerprint density at radius 1 is 0.574 bits per heavy atom. The van der Waals surface area contributed by atoms with Gasteiger partial charge in [0, 0.05) is 19.4 Å². The van der Waals surface area contributed by atoms with Crippen molar-refractivity contribution in [3.05, 3.63) is 60.8 Å². The Hall–Kier alpha value is -2.29. The molecule has 0 heterocycles. The predicted octanol–water partition coefficient (Wildman–Crippen LogP) is 12.0. The molecule has 0 aliphatic carbocycles. The van der Waals surface area contributed by atoms with Crippen molar-refractivity contribution in [3.63, 3.8) is 0 Å². The highest BCUT2D eigenvalue weighted by Gasteiger charge is 2.26. The van der Waals surface area contributed by atoms with Gasteiger partial charge in [0.25, 0.3) is 0 Å². The summed E-state index contributed by atoms with van der Waals surface area (Å²) in [5, 5.41) is 2.82. The Morgan fingerprint density at radius 3 is 1.52 bits per heavy atom. The lowest BCUT2D eigenvalue weighted by Gasteiger charge is -2.20. The van der Waals surface area contributed by atoms with Gasteiger partial charge < -0.3 is 19.7 Å². The summed E-state index contributed by atoms with van der Waals surface area (Å²) in [6.07, 6.45) is 45.5. The van der Waals surface area contributed by atoms with Crippen molar-refractivity contribution >= 4 is 19.8 Å². The summed E-state index contributed by atoms with van der Waals surface area (Å²) in [4.78, 5) is 35.0. The zero-order valence-corrected chi connectivity index (χ0v) is 35.3. The van der Waals surface area contributed by atoms with E-state index in [2.05, 4.69) is 79.9 Å². The molecule has 54 heavy (non-hydrogen) atoms. The zero-order chi connectivity index (χ0) is 39.6. The van der Waals surface area contributed by atoms with Crippen LogP contribution in [0.3, 0.4) is 0 Å². The molecule has 0 fully saturated rings. The summed E-state index contributed by atoms with van der Waals surface area (Å²) in [7, 11) is -2.67. The largest absolute Gasteiger partial charge is 0.472 e. The molecule has 0 radical (unpaired) electrons. The smallest absolute Gasteiger partial charge is 0.462 e. The molecule has 2 N–H and O–H groups in total. The highest BCUT2D eigenvalue weighted by molar-refractivity contribution is 7.47. The average molecular weight is 780 g/mol. The molecule has 0 rings (SSSR count). The fourth-order valence-electron chi connectivity index (χ4n) is 5.35. The fourth-order valence-corrected chi connectivity index (χ4v) is 6.10. The van der Waals surface area contributed by atoms with Crippen molar-refractivity contribution < 1.29 is 37.6 Å². The summed E-state index contributed by atoms with van der Waals surface area (Å²) < 4.78 is 33.1. The molecule has 10 heteroatoms. The van der Waals surface area contributed by atoms with Crippen molar-refractivity contribution in [2.24, 2.45) is 0 Å². The lowest BCUT2D eigenvalue weighted by molar-refractivity contribution is -0.161. The molecule has 0 aromatic rings. The van der Waals surface area contributed by atoms with Crippen LogP contribution in [0.4, 0.5) is 0 Å². The molecule has 0 aliphatic rings. The number of allylic oxidation sites excluding steroid dienone is 10. The third-order valence-corrected chi connectivity index (χ3v) is 9.59. The monoisotopic (exact) mass is 780 g/mol. The number of phosphoric acid groups is 1. The number of hydrogen-bond acceptors (Lipinski definition) is 8. The van der Waals surface area contributed by atoms with E-state index in [1.807, 2.05) is 0 Å². The number of ether oxygens (including phenoxy) is 2. The molecule has 2 atom stereocenters. The first-order valence-corrected chi connectivity index (χ1v) is 22.7. The van der Waals surface area contributed by atoms with Gasteiger partial charge in [0.15, 0.2) is 6.10 Å². The molecule has 0 aromatic heterocycles. The summed E-state index contributed by atoms with van der Waals surface area (Å²) in [6.45, 7) is 4.10. The van der Waals surface area contributed by atoms with Crippen LogP contribution in [-0.2, 0) is 32.7 Å². The van der Waals surface area contributed by atoms with Gasteiger partial charge in [0.1, 0.15) is 6.61 Å². The molecule has 0 saturated carbocycles. The minimum absolute atomic E-state index is 0.0281. The number of rotatable bonds is 39. The highest BCUT2D eigenvalue weighted by atomic mass is 31.2. The van der Waals surface area contributed by atoms with Gasteiger partial charge in [-0.05, 0) is 90.5 Å². The molecule has 0 spiro atoms. The van der Waals surface area contributed by atoms with Crippen molar-refractivity contribution in [2.75, 3.05) is 33.4 Å². The van der Waals surface area contributed by atoms with E-state index in [1.165, 1.54) is 64.2 Å². The molecule has 9 nitrogen and oxygen atoms in total. The summed E-state index contributed by atoms with van der Waals surface area (Å²) in [5.41, 5.74) is 0. The standard InChI is InChI=1S/C44H78NO8P/c1-4-6-8-10-12-14-16-18-20-21-23-24-26-28-30-32-34-36-43(46)50-40-42(41-52-54(48,49)51-39-38-45-3)53-44(47)37-35-33-31-29-27-25-22-19-17-15-13-11-9-7-5-2/h12-15,18-20,22,27,29,42,45H,4-11,16-17,21,23-26,28,30-41H2,1-3H3,(H,48,49)/b14-12-,15-13-,20-18-,22-19-,29-27-. The van der Waals surface area contributed by atoms with Crippen molar-refractivity contribution in [1.82, 2.24) is 5.32 Å². The Bertz CT molecular complexity index is 1070. The van der Waals surface area contributed by atoms with Crippen molar-refractivity contribution in [1.29, 1.82) is 0 Å². The average Bonchev–Trinajstić information content (AvgIpc) is 3.15. The Labute approximate surface area is 330 Å². The van der Waals surface area contributed by atoms with Gasteiger partial charge in [-0.1, -0.05) is 132 Å². The van der Waals surface area contributed by atoms with E-state index in [4.69, 9.17) is 18.5 Å². The molecular formula is C44H78NO8P. The van der Waals surface area contributed by atoms with Gasteiger partial charge in [-0.25, -0.2) is 4.57 Å². The third-order valence-electron chi connectivity index (χ3n) is 8.61. The lowest BCUT2D eigenvalue weighted by Crippen LogP contribution is -2.29. The SMILES string of the molecule is CCCCC/C=C\C/C=C\C/C=C\CCCCC(=O)OC(COC(=O)CCCCCCCCC/C=C\C/C=C\CCCCC)COP(=O)(O)OCCNC. The second-order valence-corrected chi connectivity index (χ2v) is 15.3. The number of esters is 2. The summed E-state index contributed by atoms with van der Waals surface area (Å²) >= 11 is 0. The molecule has 0 bridgehead atoms. The number of unbranched alkanes of at least 4 members (excludes halogenated alkanes) is 15. The minimum atomic E-state index is -4.36. The van der Waals surface area contributed by atoms with Crippen molar-refractivity contribution in [2.45, 2.75) is 174 Å². The predicted molar refractivity (Wildman–Crippen MR) is 224 cm³/mol. The van der Waals surface area contributed by atoms with Crippen LogP contribution in [0.15, 0.2) is 60.8 Å². The van der Waals surface area contributed by atoms with Crippen LogP contribution in [0.25, 0.3) is 0 Å². The summed E-state index contributed by atoms with van der Waals surface area (Å²) in [6, 6.07) is 0. The van der Waals surface area contributed by atoms with Crippen LogP contribution in [0, 0.1) is 0 Å². The number of likely N-dealkylation sites (N-methyl/N-ethyl adjacent to an activating group) is 1. The van der Waals surface area contributed by atoms with Gasteiger partial charge in [0.2, 0.25) is 0 Å². The molecule has 0 aromatic carbocycles. The van der Waals surface area contributed by atoms with Crippen molar-refractivity contribution in [3.8, 4) is 0 Å². The number of nitrogens with one attached hydrogen (secondary N) is 1. The minimum Gasteiger partial charge on any atom is -0.462 e. The zero-order valence-electron chi connectivity index (χ0n) is 34.4. The van der Waals surface area contributed by atoms with Crippen LogP contribution < -0.4 is 5.32 Å². The number of phosphoric ester groups is 1. The molecule has 0 saturated heterocycles. The Balaban J connectivity index is 4.32. The van der Waals surface area contributed by atoms with Crippen LogP contribution >= 0.6 is 7.82 Å². The lowest BCUT2D eigenvalue weighted by atomic mass is 10.1. The molecule has 0 aliphatic heterocycles. The van der Waals surface area contributed by atoms with E-state index in [0.29, 0.717) is 13.0 Å². The van der Waals surface area contributed by atoms with Gasteiger partial charge in [0.05, 0.1) is 13.2 Å². The normalized spacial score (nSPS) is 13.9. The summed E-state index contributed by atoms with van der Waals surface area (Å²) in [5.74, 6) is -0.865. The maximum Gasteiger partial charge on any atom is 0.472 e. The first-order chi connectivity index (χ1) is 26.3. The third kappa shape index (κ3) is 39.4. The van der Waals surface area contributed by atoms with Gasteiger partial charge >= 0.3 is 19.8 Å². The Kier molecular flexibility index (Phi) is 38.7. The van der Waals surface area contributed by atoms with Crippen LogP contribution in [-0.4, -0.2) is 56.3 Å². The number of carbonyl (C=O) groups excluding carboxylic acids is 2. The molecular weight excluding hydrogens is 701 g/mol. The Morgan fingerprint density at radius 2 is 1.00 bits per heavy atom. The van der Waals surface area contributed by atoms with E-state index in [-0.39, 0.29) is 26.1 Å². The van der Waals surface area contributed by atoms with E-state index in [1.54, 1.807) is 7.05 Å². The topological polar surface area (TPSA) is 120 Å². The van der Waals surface area contributed by atoms with Crippen LogP contribution in [0.5, 0.6) is 0 Å². The van der Waals surface area contributed by atoms with E-state index in [0.717, 1.165) is 70.6 Å². The highest BCUT2D eigenvalue weighted by Crippen LogP contribution is 2.43. The number of carbonyl (C=O) groups is 2. The van der Waals surface area contributed by atoms with E-state index < -0.39 is 32.5 Å².